The van der Waals surface area contributed by atoms with Gasteiger partial charge in [-0.2, -0.15) is 0 Å². The lowest BCUT2D eigenvalue weighted by molar-refractivity contribution is -0.222. The lowest BCUT2D eigenvalue weighted by Crippen LogP contribution is -2.68. The summed E-state index contributed by atoms with van der Waals surface area (Å²) in [4.78, 5) is 13.0. The number of ether oxygens (including phenoxy) is 2. The highest BCUT2D eigenvalue weighted by Gasteiger charge is 2.72. The summed E-state index contributed by atoms with van der Waals surface area (Å²) < 4.78 is 13.1. The van der Waals surface area contributed by atoms with Gasteiger partial charge in [-0.05, 0) is 112 Å². The van der Waals surface area contributed by atoms with Crippen LogP contribution in [0.4, 0.5) is 0 Å². The molecule has 5 fully saturated rings. The normalized spacial score (nSPS) is 56.4. The maximum atomic E-state index is 13.0. The van der Waals surface area contributed by atoms with Crippen molar-refractivity contribution in [1.29, 1.82) is 0 Å². The molecule has 5 heteroatoms. The molecular formula is C33H52O5. The lowest BCUT2D eigenvalue weighted by Gasteiger charge is -2.72. The first-order chi connectivity index (χ1) is 17.4. The number of hydrogen-bond acceptors (Lipinski definition) is 4. The topological polar surface area (TPSA) is 76.0 Å². The van der Waals surface area contributed by atoms with Crippen LogP contribution in [0.2, 0.25) is 0 Å². The Balaban J connectivity index is 1.46. The SMILES string of the molecule is CC1CC[C@]2(C(=O)O)CC[C@]3(C)C(=CCC4[C@@]5(C)CC6OC(C)(C)OC6C(C)(C)C5CC[C@]43C)C2[C@]1(C)O. The average Bonchev–Trinajstić information content (AvgIpc) is 3.11. The van der Waals surface area contributed by atoms with Gasteiger partial charge in [0.2, 0.25) is 0 Å². The van der Waals surface area contributed by atoms with E-state index in [2.05, 4.69) is 61.5 Å². The van der Waals surface area contributed by atoms with Gasteiger partial charge in [-0.1, -0.05) is 53.2 Å². The molecule has 0 aromatic carbocycles. The fraction of sp³-hybridized carbons (Fsp3) is 0.909. The fourth-order valence-corrected chi connectivity index (χ4v) is 12.0. The highest BCUT2D eigenvalue weighted by atomic mass is 16.8. The largest absolute Gasteiger partial charge is 0.481 e. The van der Waals surface area contributed by atoms with Gasteiger partial charge >= 0.3 is 5.97 Å². The minimum atomic E-state index is -1.02. The number of aliphatic hydroxyl groups is 1. The molecule has 0 bridgehead atoms. The zero-order valence-corrected chi connectivity index (χ0v) is 25.3. The Bertz CT molecular complexity index is 1070. The van der Waals surface area contributed by atoms with E-state index in [1.54, 1.807) is 0 Å². The molecule has 1 heterocycles. The molecule has 11 atom stereocenters. The summed E-state index contributed by atoms with van der Waals surface area (Å²) in [5.41, 5.74) is -0.565. The van der Waals surface area contributed by atoms with E-state index in [0.29, 0.717) is 24.7 Å². The average molecular weight is 529 g/mol. The third-order valence-corrected chi connectivity index (χ3v) is 14.2. The molecule has 4 saturated carbocycles. The van der Waals surface area contributed by atoms with Crippen LogP contribution >= 0.6 is 0 Å². The number of carbonyl (C=O) groups is 1. The van der Waals surface area contributed by atoms with E-state index in [1.165, 1.54) is 5.57 Å². The molecular weight excluding hydrogens is 476 g/mol. The van der Waals surface area contributed by atoms with Crippen LogP contribution in [0.15, 0.2) is 11.6 Å². The van der Waals surface area contributed by atoms with E-state index in [1.807, 2.05) is 6.92 Å². The second kappa shape index (κ2) is 7.68. The number of rotatable bonds is 1. The summed E-state index contributed by atoms with van der Waals surface area (Å²) in [6.07, 6.45) is 9.93. The number of hydrogen-bond donors (Lipinski definition) is 2. The van der Waals surface area contributed by atoms with E-state index >= 15 is 0 Å². The number of allylic oxidation sites excluding steroid dienone is 1. The number of fused-ring (bicyclic) bond motifs is 8. The molecule has 0 radical (unpaired) electrons. The van der Waals surface area contributed by atoms with E-state index in [0.717, 1.165) is 38.5 Å². The molecule has 6 aliphatic rings. The van der Waals surface area contributed by atoms with E-state index < -0.39 is 22.8 Å². The Morgan fingerprint density at radius 1 is 0.921 bits per heavy atom. The summed E-state index contributed by atoms with van der Waals surface area (Å²) in [6, 6.07) is 0. The smallest absolute Gasteiger partial charge is 0.310 e. The van der Waals surface area contributed by atoms with Crippen molar-refractivity contribution in [1.82, 2.24) is 0 Å². The molecule has 2 N–H and O–H groups in total. The van der Waals surface area contributed by atoms with Crippen LogP contribution in [0.3, 0.4) is 0 Å². The Morgan fingerprint density at radius 3 is 2.26 bits per heavy atom. The molecule has 0 aromatic rings. The Labute approximate surface area is 230 Å². The summed E-state index contributed by atoms with van der Waals surface area (Å²) in [6.45, 7) is 20.5. The summed E-state index contributed by atoms with van der Waals surface area (Å²) in [5.74, 6) is -0.457. The molecule has 0 spiro atoms. The molecule has 5 aliphatic carbocycles. The van der Waals surface area contributed by atoms with Crippen LogP contribution in [0.25, 0.3) is 0 Å². The predicted octanol–water partition coefficient (Wildman–Crippen LogP) is 6.97. The second-order valence-corrected chi connectivity index (χ2v) is 16.5. The van der Waals surface area contributed by atoms with Crippen LogP contribution in [-0.4, -0.2) is 39.8 Å². The Kier molecular flexibility index (Phi) is 5.51. The van der Waals surface area contributed by atoms with Crippen molar-refractivity contribution in [3.05, 3.63) is 11.6 Å². The van der Waals surface area contributed by atoms with Crippen molar-refractivity contribution in [2.45, 2.75) is 137 Å². The van der Waals surface area contributed by atoms with Crippen LogP contribution in [0.1, 0.15) is 114 Å². The van der Waals surface area contributed by atoms with Crippen molar-refractivity contribution < 1.29 is 24.5 Å². The number of carboxylic acids is 1. The van der Waals surface area contributed by atoms with E-state index in [4.69, 9.17) is 9.47 Å². The molecule has 1 aliphatic heterocycles. The van der Waals surface area contributed by atoms with Gasteiger partial charge in [-0.3, -0.25) is 4.79 Å². The molecule has 214 valence electrons. The van der Waals surface area contributed by atoms with Gasteiger partial charge in [-0.15, -0.1) is 0 Å². The Morgan fingerprint density at radius 2 is 1.61 bits per heavy atom. The monoisotopic (exact) mass is 528 g/mol. The van der Waals surface area contributed by atoms with Crippen molar-refractivity contribution in [3.8, 4) is 0 Å². The Hall–Kier alpha value is -0.910. The van der Waals surface area contributed by atoms with Crippen LogP contribution in [-0.2, 0) is 14.3 Å². The molecule has 5 nitrogen and oxygen atoms in total. The standard InChI is InChI=1S/C33H52O5/c1-19-12-15-33(26(34)35)17-16-30(7)20(24(33)32(19,9)36)10-11-23-29(6)18-21-25(38-28(4,5)37-21)27(2,3)22(29)13-14-31(23,30)8/h10,19,21-25,36H,11-18H2,1-9H3,(H,34,35)/t19?,21?,22?,23?,24?,25?,29-,30+,31+,32+,33-/m0/s1. The fourth-order valence-electron chi connectivity index (χ4n) is 12.0. The first-order valence-electron chi connectivity index (χ1n) is 15.4. The van der Waals surface area contributed by atoms with E-state index in [-0.39, 0.29) is 45.7 Å². The number of carboxylic acid groups (broad SMARTS) is 1. The van der Waals surface area contributed by atoms with Crippen LogP contribution in [0.5, 0.6) is 0 Å². The van der Waals surface area contributed by atoms with Gasteiger partial charge in [0.15, 0.2) is 5.79 Å². The lowest BCUT2D eigenvalue weighted by atomic mass is 9.33. The summed E-state index contributed by atoms with van der Waals surface area (Å²) in [5, 5.41) is 22.6. The highest BCUT2D eigenvalue weighted by molar-refractivity contribution is 5.77. The minimum Gasteiger partial charge on any atom is -0.481 e. The third kappa shape index (κ3) is 3.08. The third-order valence-electron chi connectivity index (χ3n) is 14.2. The van der Waals surface area contributed by atoms with Crippen LogP contribution in [0, 0.1) is 50.7 Å². The summed E-state index contributed by atoms with van der Waals surface area (Å²) in [7, 11) is 0. The van der Waals surface area contributed by atoms with Gasteiger partial charge in [-0.25, -0.2) is 0 Å². The van der Waals surface area contributed by atoms with E-state index in [9.17, 15) is 15.0 Å². The zero-order chi connectivity index (χ0) is 27.9. The maximum Gasteiger partial charge on any atom is 0.310 e. The summed E-state index contributed by atoms with van der Waals surface area (Å²) >= 11 is 0. The van der Waals surface area contributed by atoms with Crippen molar-refractivity contribution in [2.75, 3.05) is 0 Å². The molecule has 0 aromatic heterocycles. The highest BCUT2D eigenvalue weighted by Crippen LogP contribution is 2.76. The first-order valence-corrected chi connectivity index (χ1v) is 15.4. The van der Waals surface area contributed by atoms with Crippen LogP contribution < -0.4 is 0 Å². The molecule has 38 heavy (non-hydrogen) atoms. The molecule has 6 unspecified atom stereocenters. The van der Waals surface area contributed by atoms with Gasteiger partial charge in [0.25, 0.3) is 0 Å². The molecule has 1 saturated heterocycles. The number of aliphatic carboxylic acids is 1. The molecule has 6 rings (SSSR count). The van der Waals surface area contributed by atoms with Gasteiger partial charge in [0.1, 0.15) is 0 Å². The van der Waals surface area contributed by atoms with Crippen molar-refractivity contribution >= 4 is 5.97 Å². The van der Waals surface area contributed by atoms with Crippen molar-refractivity contribution in [2.24, 2.45) is 50.7 Å². The minimum absolute atomic E-state index is 0.0190. The van der Waals surface area contributed by atoms with Gasteiger partial charge < -0.3 is 19.7 Å². The molecule has 0 amide bonds. The maximum absolute atomic E-state index is 13.0. The quantitative estimate of drug-likeness (QED) is 0.359. The second-order valence-electron chi connectivity index (χ2n) is 16.5. The van der Waals surface area contributed by atoms with Crippen molar-refractivity contribution in [3.63, 3.8) is 0 Å². The van der Waals surface area contributed by atoms with Gasteiger partial charge in [0, 0.05) is 5.92 Å². The zero-order valence-electron chi connectivity index (χ0n) is 25.3. The predicted molar refractivity (Wildman–Crippen MR) is 147 cm³/mol. The first kappa shape index (κ1) is 27.3. The van der Waals surface area contributed by atoms with Gasteiger partial charge in [0.05, 0.1) is 23.2 Å².